The fraction of sp³-hybridized carbons (Fsp3) is 0.727. The third-order valence-corrected chi connectivity index (χ3v) is 2.49. The summed E-state index contributed by atoms with van der Waals surface area (Å²) in [6, 6.07) is 0. The van der Waals surface area contributed by atoms with Crippen LogP contribution in [0.3, 0.4) is 0 Å². The number of nitrogens with zero attached hydrogens (tertiary/aromatic N) is 3. The predicted octanol–water partition coefficient (Wildman–Crippen LogP) is 0.0879. The SMILES string of the molecule is COCCNCCN(C)Cc1nccn1C. The van der Waals surface area contributed by atoms with Gasteiger partial charge in [-0.15, -0.1) is 0 Å². The average Bonchev–Trinajstić information content (AvgIpc) is 2.64. The van der Waals surface area contributed by atoms with Crippen LogP contribution in [0.4, 0.5) is 0 Å². The molecule has 0 aliphatic heterocycles. The molecule has 92 valence electrons. The standard InChI is InChI=1S/C11H22N4O/c1-14(7-4-12-6-9-16-3)10-11-13-5-8-15(11)2/h5,8,12H,4,6-7,9-10H2,1-3H3. The van der Waals surface area contributed by atoms with Crippen molar-refractivity contribution in [3.05, 3.63) is 18.2 Å². The van der Waals surface area contributed by atoms with Crippen LogP contribution in [0.15, 0.2) is 12.4 Å². The van der Waals surface area contributed by atoms with E-state index >= 15 is 0 Å². The first-order valence-corrected chi connectivity index (χ1v) is 5.58. The first-order chi connectivity index (χ1) is 7.74. The molecule has 0 spiro atoms. The summed E-state index contributed by atoms with van der Waals surface area (Å²) in [4.78, 5) is 6.55. The molecule has 1 aromatic rings. The summed E-state index contributed by atoms with van der Waals surface area (Å²) in [6.45, 7) is 4.55. The van der Waals surface area contributed by atoms with Crippen LogP contribution in [0.5, 0.6) is 0 Å². The van der Waals surface area contributed by atoms with E-state index in [1.165, 1.54) is 0 Å². The molecule has 1 heterocycles. The summed E-state index contributed by atoms with van der Waals surface area (Å²) < 4.78 is 7.01. The van der Waals surface area contributed by atoms with Gasteiger partial charge in [0.2, 0.25) is 0 Å². The van der Waals surface area contributed by atoms with Crippen LogP contribution >= 0.6 is 0 Å². The minimum absolute atomic E-state index is 0.767. The van der Waals surface area contributed by atoms with E-state index in [2.05, 4.69) is 26.8 Å². The fourth-order valence-electron chi connectivity index (χ4n) is 1.44. The average molecular weight is 226 g/mol. The van der Waals surface area contributed by atoms with Crippen LogP contribution < -0.4 is 5.32 Å². The van der Waals surface area contributed by atoms with E-state index in [1.54, 1.807) is 7.11 Å². The maximum absolute atomic E-state index is 4.96. The lowest BCUT2D eigenvalue weighted by Crippen LogP contribution is -2.31. The number of methoxy groups -OCH3 is 1. The summed E-state index contributed by atoms with van der Waals surface area (Å²) in [6.07, 6.45) is 3.81. The molecule has 16 heavy (non-hydrogen) atoms. The quantitative estimate of drug-likeness (QED) is 0.638. The van der Waals surface area contributed by atoms with Crippen molar-refractivity contribution < 1.29 is 4.74 Å². The van der Waals surface area contributed by atoms with Crippen molar-refractivity contribution in [1.82, 2.24) is 19.8 Å². The van der Waals surface area contributed by atoms with Crippen LogP contribution in [0, 0.1) is 0 Å². The van der Waals surface area contributed by atoms with Gasteiger partial charge in [0.15, 0.2) is 0 Å². The number of aromatic nitrogens is 2. The minimum Gasteiger partial charge on any atom is -0.383 e. The number of hydrogen-bond donors (Lipinski definition) is 1. The van der Waals surface area contributed by atoms with Crippen molar-refractivity contribution in [1.29, 1.82) is 0 Å². The molecule has 0 aliphatic rings. The zero-order chi connectivity index (χ0) is 11.8. The second-order valence-electron chi connectivity index (χ2n) is 3.93. The van der Waals surface area contributed by atoms with Gasteiger partial charge in [0, 0.05) is 46.2 Å². The summed E-state index contributed by atoms with van der Waals surface area (Å²) in [5, 5.41) is 3.32. The Labute approximate surface area is 97.4 Å². The van der Waals surface area contributed by atoms with Crippen molar-refractivity contribution in [3.8, 4) is 0 Å². The highest BCUT2D eigenvalue weighted by molar-refractivity contribution is 4.90. The van der Waals surface area contributed by atoms with Crippen LogP contribution in [0.1, 0.15) is 5.82 Å². The van der Waals surface area contributed by atoms with Gasteiger partial charge >= 0.3 is 0 Å². The maximum atomic E-state index is 4.96. The number of hydrogen-bond acceptors (Lipinski definition) is 4. The molecular weight excluding hydrogens is 204 g/mol. The first-order valence-electron chi connectivity index (χ1n) is 5.58. The normalized spacial score (nSPS) is 11.2. The number of likely N-dealkylation sites (N-methyl/N-ethyl adjacent to an activating group) is 1. The second kappa shape index (κ2) is 7.38. The molecule has 1 N–H and O–H groups in total. The molecule has 0 atom stereocenters. The largest absolute Gasteiger partial charge is 0.383 e. The molecule has 5 nitrogen and oxygen atoms in total. The number of rotatable bonds is 8. The Bertz CT molecular complexity index is 287. The molecule has 0 radical (unpaired) electrons. The van der Waals surface area contributed by atoms with E-state index in [9.17, 15) is 0 Å². The van der Waals surface area contributed by atoms with Gasteiger partial charge in [0.1, 0.15) is 5.82 Å². The Hall–Kier alpha value is -0.910. The van der Waals surface area contributed by atoms with Gasteiger partial charge in [-0.1, -0.05) is 0 Å². The van der Waals surface area contributed by atoms with Crippen molar-refractivity contribution in [2.75, 3.05) is 40.4 Å². The molecule has 0 aromatic carbocycles. The Morgan fingerprint density at radius 1 is 1.50 bits per heavy atom. The molecule has 1 rings (SSSR count). The van der Waals surface area contributed by atoms with E-state index in [4.69, 9.17) is 4.74 Å². The number of ether oxygens (including phenoxy) is 1. The third kappa shape index (κ3) is 4.74. The van der Waals surface area contributed by atoms with Gasteiger partial charge in [0.25, 0.3) is 0 Å². The van der Waals surface area contributed by atoms with Crippen LogP contribution in [-0.4, -0.2) is 54.8 Å². The van der Waals surface area contributed by atoms with E-state index < -0.39 is 0 Å². The maximum Gasteiger partial charge on any atom is 0.122 e. The lowest BCUT2D eigenvalue weighted by atomic mass is 10.4. The number of imidazole rings is 1. The van der Waals surface area contributed by atoms with Gasteiger partial charge in [0.05, 0.1) is 13.2 Å². The zero-order valence-corrected chi connectivity index (χ0v) is 10.4. The van der Waals surface area contributed by atoms with Crippen LogP contribution in [-0.2, 0) is 18.3 Å². The van der Waals surface area contributed by atoms with E-state index in [0.717, 1.165) is 38.6 Å². The molecule has 0 saturated carbocycles. The third-order valence-electron chi connectivity index (χ3n) is 2.49. The summed E-state index contributed by atoms with van der Waals surface area (Å²) in [5.74, 6) is 1.10. The summed E-state index contributed by atoms with van der Waals surface area (Å²) in [5.41, 5.74) is 0. The van der Waals surface area contributed by atoms with Gasteiger partial charge in [-0.05, 0) is 7.05 Å². The highest BCUT2D eigenvalue weighted by Crippen LogP contribution is 1.98. The highest BCUT2D eigenvalue weighted by atomic mass is 16.5. The molecule has 5 heteroatoms. The van der Waals surface area contributed by atoms with Crippen molar-refractivity contribution in [2.24, 2.45) is 7.05 Å². The van der Waals surface area contributed by atoms with Crippen molar-refractivity contribution >= 4 is 0 Å². The zero-order valence-electron chi connectivity index (χ0n) is 10.4. The fourth-order valence-corrected chi connectivity index (χ4v) is 1.44. The molecule has 0 aliphatic carbocycles. The molecular formula is C11H22N4O. The summed E-state index contributed by atoms with van der Waals surface area (Å²) in [7, 11) is 5.84. The lowest BCUT2D eigenvalue weighted by molar-refractivity contribution is 0.197. The van der Waals surface area contributed by atoms with Gasteiger partial charge in [-0.3, -0.25) is 4.90 Å². The second-order valence-corrected chi connectivity index (χ2v) is 3.93. The number of aryl methyl sites for hydroxylation is 1. The van der Waals surface area contributed by atoms with Gasteiger partial charge in [-0.25, -0.2) is 4.98 Å². The molecule has 0 bridgehead atoms. The smallest absolute Gasteiger partial charge is 0.122 e. The lowest BCUT2D eigenvalue weighted by Gasteiger charge is -2.16. The molecule has 0 fully saturated rings. The van der Waals surface area contributed by atoms with Crippen molar-refractivity contribution in [2.45, 2.75) is 6.54 Å². The van der Waals surface area contributed by atoms with E-state index in [1.807, 2.05) is 19.4 Å². The van der Waals surface area contributed by atoms with Gasteiger partial charge < -0.3 is 14.6 Å². The van der Waals surface area contributed by atoms with E-state index in [-0.39, 0.29) is 0 Å². The van der Waals surface area contributed by atoms with Crippen molar-refractivity contribution in [3.63, 3.8) is 0 Å². The molecule has 0 saturated heterocycles. The molecule has 1 aromatic heterocycles. The van der Waals surface area contributed by atoms with Gasteiger partial charge in [-0.2, -0.15) is 0 Å². The van der Waals surface area contributed by atoms with Crippen LogP contribution in [0.25, 0.3) is 0 Å². The molecule has 0 amide bonds. The predicted molar refractivity (Wildman–Crippen MR) is 64.3 cm³/mol. The van der Waals surface area contributed by atoms with Crippen LogP contribution in [0.2, 0.25) is 0 Å². The topological polar surface area (TPSA) is 42.3 Å². The highest BCUT2D eigenvalue weighted by Gasteiger charge is 2.03. The Morgan fingerprint density at radius 2 is 2.31 bits per heavy atom. The van der Waals surface area contributed by atoms with E-state index in [0.29, 0.717) is 0 Å². The molecule has 0 unspecified atom stereocenters. The minimum atomic E-state index is 0.767. The number of nitrogens with one attached hydrogen (secondary N) is 1. The Balaban J connectivity index is 2.11. The summed E-state index contributed by atoms with van der Waals surface area (Å²) >= 11 is 0. The Kier molecular flexibility index (Phi) is 6.07. The monoisotopic (exact) mass is 226 g/mol. The Morgan fingerprint density at radius 3 is 2.94 bits per heavy atom. The first kappa shape index (κ1) is 13.2.